The number of carbonyl (C=O) groups excluding carboxylic acids is 2. The molecule has 1 saturated heterocycles. The standard InChI is InChI=1S/C25H22ClIN2O4/c1-2-32-20-10-14(9-19(27)23(20)33-13-17-5-3-4-6-18(17)26)12-28-29-24(30)21-15-7-8-16(11-15)22(21)25(29)31/h3-10,12,15-16,21-22H,2,11,13H2,1H3/b28-12-/t15-,16-,21-,22+/m0/s1. The summed E-state index contributed by atoms with van der Waals surface area (Å²) < 4.78 is 12.7. The smallest absolute Gasteiger partial charge is 0.254 e. The minimum Gasteiger partial charge on any atom is -0.490 e. The highest BCUT2D eigenvalue weighted by Crippen LogP contribution is 2.52. The van der Waals surface area contributed by atoms with Crippen LogP contribution in [0.3, 0.4) is 0 Å². The van der Waals surface area contributed by atoms with Crippen LogP contribution < -0.4 is 9.47 Å². The Hall–Kier alpha value is -2.39. The maximum atomic E-state index is 12.8. The third-order valence-electron chi connectivity index (χ3n) is 6.43. The molecule has 6 nitrogen and oxygen atoms in total. The number of hydrogen-bond donors (Lipinski definition) is 0. The molecular weight excluding hydrogens is 555 g/mol. The van der Waals surface area contributed by atoms with Gasteiger partial charge in [0.2, 0.25) is 0 Å². The summed E-state index contributed by atoms with van der Waals surface area (Å²) in [6, 6.07) is 11.2. The summed E-state index contributed by atoms with van der Waals surface area (Å²) in [5.74, 6) is 0.591. The number of rotatable bonds is 7. The Morgan fingerprint density at radius 1 is 1.12 bits per heavy atom. The highest BCUT2D eigenvalue weighted by molar-refractivity contribution is 14.1. The molecule has 0 unspecified atom stereocenters. The van der Waals surface area contributed by atoms with Crippen molar-refractivity contribution >= 4 is 52.2 Å². The third kappa shape index (κ3) is 4.05. The van der Waals surface area contributed by atoms with Crippen molar-refractivity contribution in [2.45, 2.75) is 20.0 Å². The molecular formula is C25H22ClIN2O4. The molecule has 2 aromatic carbocycles. The first-order chi connectivity index (χ1) is 16.0. The Labute approximate surface area is 210 Å². The van der Waals surface area contributed by atoms with E-state index in [1.165, 1.54) is 6.21 Å². The van der Waals surface area contributed by atoms with Gasteiger partial charge < -0.3 is 9.47 Å². The topological polar surface area (TPSA) is 68.2 Å². The number of carbonyl (C=O) groups is 2. The fourth-order valence-corrected chi connectivity index (χ4v) is 5.93. The number of hydrogen-bond acceptors (Lipinski definition) is 5. The Morgan fingerprint density at radius 3 is 2.48 bits per heavy atom. The van der Waals surface area contributed by atoms with E-state index in [4.69, 9.17) is 21.1 Å². The fourth-order valence-electron chi connectivity index (χ4n) is 4.96. The monoisotopic (exact) mass is 576 g/mol. The fraction of sp³-hybridized carbons (Fsp3) is 0.320. The van der Waals surface area contributed by atoms with Crippen molar-refractivity contribution < 1.29 is 19.1 Å². The van der Waals surface area contributed by atoms with Gasteiger partial charge in [0.1, 0.15) is 6.61 Å². The first-order valence-corrected chi connectivity index (χ1v) is 12.4. The van der Waals surface area contributed by atoms with Gasteiger partial charge in [-0.3, -0.25) is 9.59 Å². The van der Waals surface area contributed by atoms with Crippen LogP contribution in [0.25, 0.3) is 0 Å². The number of nitrogens with zero attached hydrogens (tertiary/aromatic N) is 2. The largest absolute Gasteiger partial charge is 0.490 e. The first kappa shape index (κ1) is 22.4. The molecule has 0 radical (unpaired) electrons. The number of amides is 2. The van der Waals surface area contributed by atoms with Crippen LogP contribution in [0.2, 0.25) is 5.02 Å². The molecule has 1 saturated carbocycles. The molecule has 0 aromatic heterocycles. The number of halogens is 2. The Morgan fingerprint density at radius 2 is 1.82 bits per heavy atom. The lowest BCUT2D eigenvalue weighted by Crippen LogP contribution is -2.28. The molecule has 1 aliphatic heterocycles. The Bertz CT molecular complexity index is 1150. The van der Waals surface area contributed by atoms with Gasteiger partial charge in [-0.15, -0.1) is 0 Å². The predicted molar refractivity (Wildman–Crippen MR) is 133 cm³/mol. The summed E-state index contributed by atoms with van der Waals surface area (Å²) in [5.41, 5.74) is 1.59. The molecule has 2 amide bonds. The number of allylic oxidation sites excluding steroid dienone is 2. The lowest BCUT2D eigenvalue weighted by atomic mass is 9.85. The second kappa shape index (κ2) is 9.10. The van der Waals surface area contributed by atoms with E-state index in [-0.39, 0.29) is 35.5 Å². The molecule has 2 aromatic rings. The van der Waals surface area contributed by atoms with Crippen LogP contribution in [0.15, 0.2) is 53.7 Å². The maximum Gasteiger partial charge on any atom is 0.254 e. The summed E-state index contributed by atoms with van der Waals surface area (Å²) in [6.45, 7) is 2.66. The van der Waals surface area contributed by atoms with Crippen LogP contribution in [-0.2, 0) is 16.2 Å². The second-order valence-electron chi connectivity index (χ2n) is 8.38. The highest BCUT2D eigenvalue weighted by Gasteiger charge is 2.59. The van der Waals surface area contributed by atoms with E-state index >= 15 is 0 Å². The Balaban J connectivity index is 1.36. The zero-order chi connectivity index (χ0) is 23.1. The van der Waals surface area contributed by atoms with Gasteiger partial charge in [0.15, 0.2) is 11.5 Å². The molecule has 4 atom stereocenters. The van der Waals surface area contributed by atoms with Gasteiger partial charge in [0, 0.05) is 10.6 Å². The van der Waals surface area contributed by atoms with Crippen molar-refractivity contribution in [1.29, 1.82) is 0 Å². The van der Waals surface area contributed by atoms with Gasteiger partial charge >= 0.3 is 0 Å². The number of benzene rings is 2. The summed E-state index contributed by atoms with van der Waals surface area (Å²) in [5, 5.41) is 5.97. The molecule has 2 bridgehead atoms. The van der Waals surface area contributed by atoms with E-state index in [0.29, 0.717) is 35.3 Å². The van der Waals surface area contributed by atoms with E-state index in [0.717, 1.165) is 20.6 Å². The van der Waals surface area contributed by atoms with Gasteiger partial charge in [-0.2, -0.15) is 10.1 Å². The van der Waals surface area contributed by atoms with Crippen LogP contribution in [0.5, 0.6) is 11.5 Å². The van der Waals surface area contributed by atoms with Crippen molar-refractivity contribution in [3.63, 3.8) is 0 Å². The van der Waals surface area contributed by atoms with Crippen LogP contribution in [0.4, 0.5) is 0 Å². The number of ether oxygens (including phenoxy) is 2. The van der Waals surface area contributed by atoms with Crippen molar-refractivity contribution in [2.75, 3.05) is 6.61 Å². The quantitative estimate of drug-likeness (QED) is 0.200. The first-order valence-electron chi connectivity index (χ1n) is 10.9. The van der Waals surface area contributed by atoms with Gasteiger partial charge in [-0.1, -0.05) is 42.0 Å². The normalized spacial score (nSPS) is 25.4. The molecule has 1 heterocycles. The van der Waals surface area contributed by atoms with Crippen LogP contribution in [0, 0.1) is 27.2 Å². The Kier molecular flexibility index (Phi) is 6.18. The number of imide groups is 1. The van der Waals surface area contributed by atoms with Crippen molar-refractivity contribution in [1.82, 2.24) is 5.01 Å². The van der Waals surface area contributed by atoms with E-state index in [1.807, 2.05) is 37.3 Å². The van der Waals surface area contributed by atoms with Gasteiger partial charge in [0.05, 0.1) is 28.2 Å². The molecule has 170 valence electrons. The molecule has 3 aliphatic rings. The van der Waals surface area contributed by atoms with Crippen LogP contribution in [0.1, 0.15) is 24.5 Å². The summed E-state index contributed by atoms with van der Waals surface area (Å²) in [7, 11) is 0. The zero-order valence-corrected chi connectivity index (χ0v) is 20.8. The number of fused-ring (bicyclic) bond motifs is 5. The van der Waals surface area contributed by atoms with Crippen molar-refractivity contribution in [2.24, 2.45) is 28.8 Å². The van der Waals surface area contributed by atoms with Gasteiger partial charge in [-0.05, 0) is 71.5 Å². The summed E-state index contributed by atoms with van der Waals surface area (Å²) >= 11 is 8.43. The van der Waals surface area contributed by atoms with Crippen LogP contribution >= 0.6 is 34.2 Å². The van der Waals surface area contributed by atoms with E-state index in [9.17, 15) is 9.59 Å². The average molecular weight is 577 g/mol. The highest BCUT2D eigenvalue weighted by atomic mass is 127. The minimum atomic E-state index is -0.260. The van der Waals surface area contributed by atoms with E-state index in [1.54, 1.807) is 6.07 Å². The molecule has 2 aliphatic carbocycles. The lowest BCUT2D eigenvalue weighted by molar-refractivity contribution is -0.140. The summed E-state index contributed by atoms with van der Waals surface area (Å²) in [4.78, 5) is 25.7. The average Bonchev–Trinajstić information content (AvgIpc) is 3.47. The second-order valence-corrected chi connectivity index (χ2v) is 9.95. The minimum absolute atomic E-state index is 0.164. The van der Waals surface area contributed by atoms with Crippen LogP contribution in [-0.4, -0.2) is 29.6 Å². The van der Waals surface area contributed by atoms with Crippen molar-refractivity contribution in [3.05, 3.63) is 68.3 Å². The molecule has 8 heteroatoms. The van der Waals surface area contributed by atoms with Gasteiger partial charge in [-0.25, -0.2) is 0 Å². The SMILES string of the molecule is CCOc1cc(/C=N\N2C(=O)[C@@H]3[C@H](C2=O)[C@H]2C=C[C@H]3C2)cc(I)c1OCc1ccccc1Cl. The lowest BCUT2D eigenvalue weighted by Gasteiger charge is -2.15. The zero-order valence-electron chi connectivity index (χ0n) is 17.9. The molecule has 5 rings (SSSR count). The van der Waals surface area contributed by atoms with E-state index in [2.05, 4.69) is 39.8 Å². The summed E-state index contributed by atoms with van der Waals surface area (Å²) in [6.07, 6.45) is 6.58. The van der Waals surface area contributed by atoms with Gasteiger partial charge in [0.25, 0.3) is 11.8 Å². The molecule has 0 N–H and O–H groups in total. The maximum absolute atomic E-state index is 12.8. The molecule has 0 spiro atoms. The molecule has 33 heavy (non-hydrogen) atoms. The van der Waals surface area contributed by atoms with E-state index < -0.39 is 0 Å². The third-order valence-corrected chi connectivity index (χ3v) is 7.60. The number of hydrazone groups is 1. The predicted octanol–water partition coefficient (Wildman–Crippen LogP) is 5.06. The van der Waals surface area contributed by atoms with Crippen molar-refractivity contribution in [3.8, 4) is 11.5 Å². The molecule has 2 fully saturated rings.